The molecule has 0 aliphatic carbocycles. The molecule has 0 saturated heterocycles. The second-order valence-corrected chi connectivity index (χ2v) is 12.3. The molecule has 0 fully saturated rings. The lowest BCUT2D eigenvalue weighted by molar-refractivity contribution is -0.148. The van der Waals surface area contributed by atoms with Crippen molar-refractivity contribution < 1.29 is 19.5 Å². The number of hydrogen-bond acceptors (Lipinski definition) is 3. The van der Waals surface area contributed by atoms with Crippen molar-refractivity contribution in [3.63, 3.8) is 0 Å². The van der Waals surface area contributed by atoms with Gasteiger partial charge in [0.2, 0.25) is 11.8 Å². The average Bonchev–Trinajstić information content (AvgIpc) is 2.97. The van der Waals surface area contributed by atoms with Crippen LogP contribution in [0.3, 0.4) is 0 Å². The van der Waals surface area contributed by atoms with Crippen LogP contribution in [0.15, 0.2) is 84.9 Å². The molecule has 3 N–H and O–H groups in total. The summed E-state index contributed by atoms with van der Waals surface area (Å²) < 4.78 is 0. The number of carboxylic acids is 1. The maximum atomic E-state index is 13.9. The van der Waals surface area contributed by atoms with Crippen molar-refractivity contribution in [3.8, 4) is 11.1 Å². The van der Waals surface area contributed by atoms with Crippen LogP contribution in [0.25, 0.3) is 17.2 Å². The lowest BCUT2D eigenvalue weighted by Gasteiger charge is -2.33. The Morgan fingerprint density at radius 3 is 2.05 bits per heavy atom. The third-order valence-corrected chi connectivity index (χ3v) is 7.87. The van der Waals surface area contributed by atoms with E-state index in [-0.39, 0.29) is 18.4 Å². The zero-order valence-corrected chi connectivity index (χ0v) is 26.3. The topological polar surface area (TPSA) is 95.5 Å². The van der Waals surface area contributed by atoms with Crippen LogP contribution in [0.1, 0.15) is 76.6 Å². The second-order valence-electron chi connectivity index (χ2n) is 12.3. The minimum absolute atomic E-state index is 0.226. The van der Waals surface area contributed by atoms with E-state index < -0.39 is 35.2 Å². The van der Waals surface area contributed by atoms with Crippen LogP contribution in [0.5, 0.6) is 0 Å². The largest absolute Gasteiger partial charge is 0.481 e. The first-order chi connectivity index (χ1) is 20.4. The van der Waals surface area contributed by atoms with Crippen molar-refractivity contribution >= 4 is 23.9 Å². The number of carboxylic acid groups (broad SMARTS) is 1. The first kappa shape index (κ1) is 33.3. The summed E-state index contributed by atoms with van der Waals surface area (Å²) in [6.07, 6.45) is 5.07. The van der Waals surface area contributed by atoms with Crippen LogP contribution in [-0.4, -0.2) is 28.9 Å². The second kappa shape index (κ2) is 15.3. The van der Waals surface area contributed by atoms with Crippen LogP contribution in [-0.2, 0) is 14.4 Å². The number of carbonyl (C=O) groups excluding carboxylic acids is 2. The highest BCUT2D eigenvalue weighted by atomic mass is 16.4. The number of nitrogens with one attached hydrogen (secondary N) is 2. The fraction of sp³-hybridized carbons (Fsp3) is 0.378. The van der Waals surface area contributed by atoms with E-state index >= 15 is 0 Å². The first-order valence-corrected chi connectivity index (χ1v) is 15.1. The van der Waals surface area contributed by atoms with Gasteiger partial charge in [0.1, 0.15) is 6.04 Å². The van der Waals surface area contributed by atoms with E-state index in [9.17, 15) is 19.5 Å². The Hall–Kier alpha value is -4.19. The van der Waals surface area contributed by atoms with Crippen LogP contribution in [0, 0.1) is 24.2 Å². The standard InChI is InChI=1S/C37H46N2O4/c1-7-16-31(36(42)43)30(24-15-23-29-22-14-17-25(2)32(29)28-20-12-9-13-21-28)34(40)39-33(37(4,5)6)35(41)38-26(3)27-18-10-8-11-19-27/h8-15,17-23,26,30-31,33H,7,16,24H2,1-6H3,(H,38,41)(H,39,40)(H,42,43)/t26-,30-,31+,33-/m1/s1. The zero-order valence-electron chi connectivity index (χ0n) is 26.3. The number of aliphatic carboxylic acids is 1. The summed E-state index contributed by atoms with van der Waals surface area (Å²) in [4.78, 5) is 39.8. The molecule has 2 amide bonds. The van der Waals surface area contributed by atoms with Gasteiger partial charge in [-0.25, -0.2) is 0 Å². The van der Waals surface area contributed by atoms with E-state index in [0.29, 0.717) is 12.8 Å². The highest BCUT2D eigenvalue weighted by molar-refractivity contribution is 5.91. The molecule has 3 aromatic carbocycles. The van der Waals surface area contributed by atoms with Gasteiger partial charge < -0.3 is 15.7 Å². The van der Waals surface area contributed by atoms with Gasteiger partial charge in [0.05, 0.1) is 17.9 Å². The summed E-state index contributed by atoms with van der Waals surface area (Å²) >= 11 is 0. The third kappa shape index (κ3) is 9.15. The van der Waals surface area contributed by atoms with Gasteiger partial charge in [-0.05, 0) is 59.9 Å². The molecule has 0 aliphatic rings. The number of amides is 2. The number of carbonyl (C=O) groups is 3. The van der Waals surface area contributed by atoms with Gasteiger partial charge in [-0.1, -0.05) is 125 Å². The lowest BCUT2D eigenvalue weighted by atomic mass is 9.82. The zero-order chi connectivity index (χ0) is 31.6. The van der Waals surface area contributed by atoms with Crippen molar-refractivity contribution in [1.29, 1.82) is 0 Å². The normalized spacial score (nSPS) is 14.5. The fourth-order valence-electron chi connectivity index (χ4n) is 5.48. The molecule has 6 heteroatoms. The van der Waals surface area contributed by atoms with E-state index in [4.69, 9.17) is 0 Å². The van der Waals surface area contributed by atoms with Gasteiger partial charge in [0.25, 0.3) is 0 Å². The minimum atomic E-state index is -1.01. The Morgan fingerprint density at radius 1 is 0.837 bits per heavy atom. The molecule has 0 aromatic heterocycles. The van der Waals surface area contributed by atoms with Crippen molar-refractivity contribution in [1.82, 2.24) is 10.6 Å². The molecule has 0 saturated carbocycles. The third-order valence-electron chi connectivity index (χ3n) is 7.87. The average molecular weight is 583 g/mol. The van der Waals surface area contributed by atoms with Gasteiger partial charge in [0.15, 0.2) is 0 Å². The first-order valence-electron chi connectivity index (χ1n) is 15.1. The molecule has 3 aromatic rings. The van der Waals surface area contributed by atoms with Crippen LogP contribution >= 0.6 is 0 Å². The van der Waals surface area contributed by atoms with Crippen molar-refractivity contribution in [2.45, 2.75) is 72.9 Å². The Kier molecular flexibility index (Phi) is 11.9. The predicted octanol–water partition coefficient (Wildman–Crippen LogP) is 7.59. The Balaban J connectivity index is 1.88. The molecule has 3 rings (SSSR count). The molecule has 0 radical (unpaired) electrons. The summed E-state index contributed by atoms with van der Waals surface area (Å²) in [5.41, 5.74) is 4.66. The summed E-state index contributed by atoms with van der Waals surface area (Å²) in [5, 5.41) is 16.1. The molecule has 43 heavy (non-hydrogen) atoms. The highest BCUT2D eigenvalue weighted by Crippen LogP contribution is 2.30. The molecule has 0 heterocycles. The fourth-order valence-corrected chi connectivity index (χ4v) is 5.48. The molecule has 6 nitrogen and oxygen atoms in total. The van der Waals surface area contributed by atoms with Crippen LogP contribution in [0.2, 0.25) is 0 Å². The van der Waals surface area contributed by atoms with E-state index in [1.54, 1.807) is 0 Å². The van der Waals surface area contributed by atoms with Crippen molar-refractivity contribution in [3.05, 3.63) is 102 Å². The maximum Gasteiger partial charge on any atom is 0.307 e. The van der Waals surface area contributed by atoms with Crippen LogP contribution in [0.4, 0.5) is 0 Å². The maximum absolute atomic E-state index is 13.9. The van der Waals surface area contributed by atoms with Crippen LogP contribution < -0.4 is 10.6 Å². The molecule has 0 spiro atoms. The molecular formula is C37H46N2O4. The summed E-state index contributed by atoms with van der Waals surface area (Å²) in [7, 11) is 0. The minimum Gasteiger partial charge on any atom is -0.481 e. The molecule has 0 aliphatic heterocycles. The quantitative estimate of drug-likeness (QED) is 0.193. The van der Waals surface area contributed by atoms with Gasteiger partial charge in [-0.2, -0.15) is 0 Å². The van der Waals surface area contributed by atoms with E-state index in [0.717, 1.165) is 27.8 Å². The highest BCUT2D eigenvalue weighted by Gasteiger charge is 2.38. The number of aryl methyl sites for hydroxylation is 1. The van der Waals surface area contributed by atoms with E-state index in [2.05, 4.69) is 35.8 Å². The summed E-state index contributed by atoms with van der Waals surface area (Å²) in [6.45, 7) is 11.6. The Bertz CT molecular complexity index is 1390. The molecule has 0 bridgehead atoms. The summed E-state index contributed by atoms with van der Waals surface area (Å²) in [6, 6.07) is 24.7. The summed E-state index contributed by atoms with van der Waals surface area (Å²) in [5.74, 6) is -3.47. The molecule has 0 unspecified atom stereocenters. The van der Waals surface area contributed by atoms with Gasteiger partial charge in [-0.3, -0.25) is 14.4 Å². The Morgan fingerprint density at radius 2 is 1.47 bits per heavy atom. The Labute approximate surface area is 256 Å². The molecule has 228 valence electrons. The van der Waals surface area contributed by atoms with Gasteiger partial charge >= 0.3 is 5.97 Å². The number of allylic oxidation sites excluding steroid dienone is 1. The molecular weight excluding hydrogens is 536 g/mol. The van der Waals surface area contributed by atoms with Crippen molar-refractivity contribution in [2.75, 3.05) is 0 Å². The molecule has 4 atom stereocenters. The smallest absolute Gasteiger partial charge is 0.307 e. The van der Waals surface area contributed by atoms with Gasteiger partial charge in [-0.15, -0.1) is 0 Å². The van der Waals surface area contributed by atoms with Crippen molar-refractivity contribution in [2.24, 2.45) is 17.3 Å². The van der Waals surface area contributed by atoms with E-state index in [1.165, 1.54) is 0 Å². The predicted molar refractivity (Wildman–Crippen MR) is 174 cm³/mol. The monoisotopic (exact) mass is 582 g/mol. The number of hydrogen-bond donors (Lipinski definition) is 3. The number of benzene rings is 3. The van der Waals surface area contributed by atoms with Gasteiger partial charge in [0, 0.05) is 0 Å². The van der Waals surface area contributed by atoms with E-state index in [1.807, 2.05) is 107 Å². The lowest BCUT2D eigenvalue weighted by Crippen LogP contribution is -2.55. The SMILES string of the molecule is CCC[C@H](C(=O)O)[C@@H](CC=Cc1cccc(C)c1-c1ccccc1)C(=O)N[C@H](C(=O)N[C@H](C)c1ccccc1)C(C)(C)C. The number of rotatable bonds is 13.